The lowest BCUT2D eigenvalue weighted by molar-refractivity contribution is -0.137. The number of carbonyl (C=O) groups excluding carboxylic acids is 1. The second-order valence-electron chi connectivity index (χ2n) is 4.79. The minimum absolute atomic E-state index is 0.0808. The highest BCUT2D eigenvalue weighted by Crippen LogP contribution is 2.29. The molecule has 0 spiro atoms. The van der Waals surface area contributed by atoms with E-state index in [0.29, 0.717) is 6.54 Å². The van der Waals surface area contributed by atoms with Gasteiger partial charge in [-0.2, -0.15) is 0 Å². The highest BCUT2D eigenvalue weighted by atomic mass is 16.2. The fourth-order valence-corrected chi connectivity index (χ4v) is 2.46. The molecule has 92 valence electrons. The summed E-state index contributed by atoms with van der Waals surface area (Å²) in [4.78, 5) is 14.2. The van der Waals surface area contributed by atoms with E-state index in [0.717, 1.165) is 13.0 Å². The van der Waals surface area contributed by atoms with Gasteiger partial charge in [0.2, 0.25) is 5.91 Å². The van der Waals surface area contributed by atoms with Gasteiger partial charge < -0.3 is 10.6 Å². The molecular weight excluding hydrogens is 212 g/mol. The fraction of sp³-hybridized carbons (Fsp3) is 0.500. The maximum Gasteiger partial charge on any atom is 0.227 e. The van der Waals surface area contributed by atoms with Gasteiger partial charge in [0.05, 0.1) is 6.04 Å². The van der Waals surface area contributed by atoms with Gasteiger partial charge in [0.25, 0.3) is 0 Å². The van der Waals surface area contributed by atoms with Gasteiger partial charge in [0, 0.05) is 19.0 Å². The summed E-state index contributed by atoms with van der Waals surface area (Å²) in [6, 6.07) is 8.54. The van der Waals surface area contributed by atoms with E-state index in [1.165, 1.54) is 11.1 Å². The number of nitrogens with two attached hydrogens (primary N) is 1. The summed E-state index contributed by atoms with van der Waals surface area (Å²) in [5.74, 6) is 0.0946. The predicted molar refractivity (Wildman–Crippen MR) is 68.5 cm³/mol. The molecule has 2 N–H and O–H groups in total. The molecule has 0 fully saturated rings. The van der Waals surface area contributed by atoms with Crippen molar-refractivity contribution in [1.29, 1.82) is 0 Å². The number of nitrogens with zero attached hydrogens (tertiary/aromatic N) is 1. The van der Waals surface area contributed by atoms with E-state index in [2.05, 4.69) is 25.1 Å². The van der Waals surface area contributed by atoms with Crippen LogP contribution in [0.5, 0.6) is 0 Å². The molecule has 1 aromatic carbocycles. The maximum atomic E-state index is 12.2. The van der Waals surface area contributed by atoms with Crippen LogP contribution in [0.1, 0.15) is 31.0 Å². The summed E-state index contributed by atoms with van der Waals surface area (Å²) in [5.41, 5.74) is 8.21. The third-order valence-electron chi connectivity index (χ3n) is 3.65. The molecule has 0 radical (unpaired) electrons. The van der Waals surface area contributed by atoms with Crippen molar-refractivity contribution in [2.75, 3.05) is 13.1 Å². The van der Waals surface area contributed by atoms with Crippen LogP contribution < -0.4 is 5.73 Å². The molecule has 0 aliphatic carbocycles. The highest BCUT2D eigenvalue weighted by molar-refractivity contribution is 5.79. The van der Waals surface area contributed by atoms with E-state index < -0.39 is 0 Å². The molecule has 1 heterocycles. The van der Waals surface area contributed by atoms with E-state index in [1.807, 2.05) is 17.9 Å². The SMILES string of the molecule is CC(CN)C(=O)N1CCc2ccccc2C1C. The van der Waals surface area contributed by atoms with Crippen LogP contribution in [-0.2, 0) is 11.2 Å². The molecule has 3 heteroatoms. The Balaban J connectivity index is 2.23. The molecule has 3 nitrogen and oxygen atoms in total. The minimum Gasteiger partial charge on any atom is -0.335 e. The topological polar surface area (TPSA) is 46.3 Å². The molecule has 1 aromatic rings. The largest absolute Gasteiger partial charge is 0.335 e. The van der Waals surface area contributed by atoms with Gasteiger partial charge in [-0.15, -0.1) is 0 Å². The molecule has 0 saturated heterocycles. The Bertz CT molecular complexity index is 416. The molecule has 17 heavy (non-hydrogen) atoms. The van der Waals surface area contributed by atoms with E-state index in [-0.39, 0.29) is 17.9 Å². The van der Waals surface area contributed by atoms with Gasteiger partial charge in [0.15, 0.2) is 0 Å². The Labute approximate surface area is 103 Å². The molecule has 0 aromatic heterocycles. The first-order valence-corrected chi connectivity index (χ1v) is 6.23. The summed E-state index contributed by atoms with van der Waals surface area (Å²) < 4.78 is 0. The molecule has 0 saturated carbocycles. The van der Waals surface area contributed by atoms with Crippen LogP contribution in [-0.4, -0.2) is 23.9 Å². The van der Waals surface area contributed by atoms with Gasteiger partial charge in [0.1, 0.15) is 0 Å². The number of benzene rings is 1. The molecule has 0 bridgehead atoms. The van der Waals surface area contributed by atoms with Crippen molar-refractivity contribution in [3.05, 3.63) is 35.4 Å². The van der Waals surface area contributed by atoms with Crippen molar-refractivity contribution in [1.82, 2.24) is 4.90 Å². The normalized spacial score (nSPS) is 20.9. The van der Waals surface area contributed by atoms with Crippen LogP contribution in [0.15, 0.2) is 24.3 Å². The zero-order valence-electron chi connectivity index (χ0n) is 10.5. The van der Waals surface area contributed by atoms with Crippen LogP contribution in [0, 0.1) is 5.92 Å². The lowest BCUT2D eigenvalue weighted by Crippen LogP contribution is -2.43. The van der Waals surface area contributed by atoms with Crippen molar-refractivity contribution in [2.24, 2.45) is 11.7 Å². The molecular formula is C14H20N2O. The number of hydrogen-bond acceptors (Lipinski definition) is 2. The quantitative estimate of drug-likeness (QED) is 0.844. The molecule has 2 atom stereocenters. The summed E-state index contributed by atoms with van der Waals surface area (Å²) in [7, 11) is 0. The van der Waals surface area contributed by atoms with Crippen molar-refractivity contribution < 1.29 is 4.79 Å². The average molecular weight is 232 g/mol. The van der Waals surface area contributed by atoms with Crippen LogP contribution in [0.25, 0.3) is 0 Å². The lowest BCUT2D eigenvalue weighted by atomic mass is 9.92. The average Bonchev–Trinajstić information content (AvgIpc) is 2.38. The second kappa shape index (κ2) is 4.88. The molecule has 2 rings (SSSR count). The van der Waals surface area contributed by atoms with E-state index >= 15 is 0 Å². The van der Waals surface area contributed by atoms with E-state index in [9.17, 15) is 4.79 Å². The zero-order valence-corrected chi connectivity index (χ0v) is 10.5. The Morgan fingerprint density at radius 2 is 2.24 bits per heavy atom. The Morgan fingerprint density at radius 3 is 2.94 bits per heavy atom. The number of amides is 1. The van der Waals surface area contributed by atoms with Gasteiger partial charge in [-0.1, -0.05) is 31.2 Å². The van der Waals surface area contributed by atoms with Crippen molar-refractivity contribution in [2.45, 2.75) is 26.3 Å². The van der Waals surface area contributed by atoms with Crippen LogP contribution >= 0.6 is 0 Å². The number of rotatable bonds is 2. The third kappa shape index (κ3) is 2.20. The predicted octanol–water partition coefficient (Wildman–Crippen LogP) is 1.73. The van der Waals surface area contributed by atoms with Crippen LogP contribution in [0.3, 0.4) is 0 Å². The number of hydrogen-bond donors (Lipinski definition) is 1. The zero-order chi connectivity index (χ0) is 12.4. The second-order valence-corrected chi connectivity index (χ2v) is 4.79. The van der Waals surface area contributed by atoms with Crippen molar-refractivity contribution >= 4 is 5.91 Å². The molecule has 1 amide bonds. The summed E-state index contributed by atoms with van der Waals surface area (Å²) >= 11 is 0. The van der Waals surface area contributed by atoms with Crippen LogP contribution in [0.4, 0.5) is 0 Å². The molecule has 2 unspecified atom stereocenters. The first-order valence-electron chi connectivity index (χ1n) is 6.23. The summed E-state index contributed by atoms with van der Waals surface area (Å²) in [6.07, 6.45) is 0.948. The highest BCUT2D eigenvalue weighted by Gasteiger charge is 2.29. The Kier molecular flexibility index (Phi) is 3.48. The monoisotopic (exact) mass is 232 g/mol. The Hall–Kier alpha value is -1.35. The first-order chi connectivity index (χ1) is 8.15. The van der Waals surface area contributed by atoms with Gasteiger partial charge in [-0.05, 0) is 24.5 Å². The Morgan fingerprint density at radius 1 is 1.53 bits per heavy atom. The lowest BCUT2D eigenvalue weighted by Gasteiger charge is -2.36. The van der Waals surface area contributed by atoms with Gasteiger partial charge >= 0.3 is 0 Å². The van der Waals surface area contributed by atoms with Crippen molar-refractivity contribution in [3.63, 3.8) is 0 Å². The minimum atomic E-state index is -0.0808. The van der Waals surface area contributed by atoms with Gasteiger partial charge in [-0.3, -0.25) is 4.79 Å². The molecule has 1 aliphatic heterocycles. The summed E-state index contributed by atoms with van der Waals surface area (Å²) in [5, 5.41) is 0. The number of fused-ring (bicyclic) bond motifs is 1. The van der Waals surface area contributed by atoms with Gasteiger partial charge in [-0.25, -0.2) is 0 Å². The smallest absolute Gasteiger partial charge is 0.227 e. The fourth-order valence-electron chi connectivity index (χ4n) is 2.46. The van der Waals surface area contributed by atoms with E-state index in [1.54, 1.807) is 0 Å². The molecule has 1 aliphatic rings. The van der Waals surface area contributed by atoms with E-state index in [4.69, 9.17) is 5.73 Å². The number of carbonyl (C=O) groups is 1. The van der Waals surface area contributed by atoms with Crippen LogP contribution in [0.2, 0.25) is 0 Å². The maximum absolute atomic E-state index is 12.2. The first kappa shape index (κ1) is 12.1. The standard InChI is InChI=1S/C14H20N2O/c1-10(9-15)14(17)16-8-7-12-5-3-4-6-13(12)11(16)2/h3-6,10-11H,7-9,15H2,1-2H3. The summed E-state index contributed by atoms with van der Waals surface area (Å²) in [6.45, 7) is 5.22. The van der Waals surface area contributed by atoms with Crippen molar-refractivity contribution in [3.8, 4) is 0 Å². The third-order valence-corrected chi connectivity index (χ3v) is 3.65.